The summed E-state index contributed by atoms with van der Waals surface area (Å²) in [4.78, 5) is 4.28. The standard InChI is InChI=1S/C11H18N2.CH4/c1-3-4-5-6-10-7-9(2)8-11(12)13-10;/h7-8H,3-6H2,1-2H3,(H2,12,13);1H4. The Hall–Kier alpha value is -1.05. The molecule has 0 bridgehead atoms. The molecule has 0 aromatic carbocycles. The van der Waals surface area contributed by atoms with Crippen LogP contribution in [-0.4, -0.2) is 4.98 Å². The van der Waals surface area contributed by atoms with Gasteiger partial charge in [0.1, 0.15) is 5.82 Å². The second-order valence-corrected chi connectivity index (χ2v) is 3.52. The van der Waals surface area contributed by atoms with Gasteiger partial charge in [0.25, 0.3) is 0 Å². The number of unbranched alkanes of at least 4 members (excludes halogenated alkanes) is 2. The first-order valence-electron chi connectivity index (χ1n) is 4.95. The lowest BCUT2D eigenvalue weighted by molar-refractivity contribution is 0.707. The van der Waals surface area contributed by atoms with Gasteiger partial charge in [-0.3, -0.25) is 0 Å². The van der Waals surface area contributed by atoms with E-state index in [-0.39, 0.29) is 7.43 Å². The number of hydrogen-bond donors (Lipinski definition) is 1. The zero-order valence-corrected chi connectivity index (χ0v) is 8.51. The van der Waals surface area contributed by atoms with Crippen molar-refractivity contribution < 1.29 is 0 Å². The van der Waals surface area contributed by atoms with Crippen LogP contribution in [0.2, 0.25) is 0 Å². The molecule has 0 aliphatic rings. The lowest BCUT2D eigenvalue weighted by Crippen LogP contribution is -1.97. The Morgan fingerprint density at radius 1 is 1.29 bits per heavy atom. The molecule has 0 atom stereocenters. The van der Waals surface area contributed by atoms with Crippen molar-refractivity contribution in [2.24, 2.45) is 0 Å². The molecule has 2 nitrogen and oxygen atoms in total. The fourth-order valence-electron chi connectivity index (χ4n) is 1.45. The van der Waals surface area contributed by atoms with Gasteiger partial charge in [-0.05, 0) is 37.5 Å². The van der Waals surface area contributed by atoms with Gasteiger partial charge in [-0.1, -0.05) is 27.2 Å². The van der Waals surface area contributed by atoms with Crippen LogP contribution in [0.1, 0.15) is 44.9 Å². The summed E-state index contributed by atoms with van der Waals surface area (Å²) in [5.41, 5.74) is 7.99. The van der Waals surface area contributed by atoms with E-state index in [1.807, 2.05) is 6.07 Å². The normalized spacial score (nSPS) is 9.57. The summed E-state index contributed by atoms with van der Waals surface area (Å²) >= 11 is 0. The third-order valence-corrected chi connectivity index (χ3v) is 2.08. The Kier molecular flexibility index (Phi) is 5.93. The maximum atomic E-state index is 5.65. The lowest BCUT2D eigenvalue weighted by Gasteiger charge is -2.02. The molecule has 0 aliphatic heterocycles. The molecule has 80 valence electrons. The van der Waals surface area contributed by atoms with Gasteiger partial charge in [-0.2, -0.15) is 0 Å². The Labute approximate surface area is 87.6 Å². The molecule has 0 saturated carbocycles. The van der Waals surface area contributed by atoms with Crippen LogP contribution in [0.25, 0.3) is 0 Å². The van der Waals surface area contributed by atoms with Gasteiger partial charge < -0.3 is 5.73 Å². The molecule has 0 unspecified atom stereocenters. The predicted molar refractivity (Wildman–Crippen MR) is 63.3 cm³/mol. The molecule has 0 radical (unpaired) electrons. The first-order chi connectivity index (χ1) is 6.22. The number of hydrogen-bond acceptors (Lipinski definition) is 2. The van der Waals surface area contributed by atoms with Crippen molar-refractivity contribution in [3.63, 3.8) is 0 Å². The van der Waals surface area contributed by atoms with E-state index in [1.165, 1.54) is 24.8 Å². The van der Waals surface area contributed by atoms with Crippen LogP contribution in [-0.2, 0) is 6.42 Å². The smallest absolute Gasteiger partial charge is 0.123 e. The molecule has 1 aromatic heterocycles. The molecule has 0 aliphatic carbocycles. The number of pyridine rings is 1. The van der Waals surface area contributed by atoms with Crippen LogP contribution in [0, 0.1) is 6.92 Å². The topological polar surface area (TPSA) is 38.9 Å². The zero-order valence-electron chi connectivity index (χ0n) is 8.51. The molecule has 0 spiro atoms. The zero-order chi connectivity index (χ0) is 9.68. The molecule has 1 rings (SSSR count). The molecule has 2 N–H and O–H groups in total. The van der Waals surface area contributed by atoms with Crippen molar-refractivity contribution in [1.82, 2.24) is 4.98 Å². The third kappa shape index (κ3) is 4.26. The van der Waals surface area contributed by atoms with Gasteiger partial charge in [-0.25, -0.2) is 4.98 Å². The van der Waals surface area contributed by atoms with Crippen LogP contribution in [0.5, 0.6) is 0 Å². The van der Waals surface area contributed by atoms with Gasteiger partial charge in [-0.15, -0.1) is 0 Å². The second-order valence-electron chi connectivity index (χ2n) is 3.52. The van der Waals surface area contributed by atoms with Gasteiger partial charge in [0.2, 0.25) is 0 Å². The number of aromatic nitrogens is 1. The highest BCUT2D eigenvalue weighted by atomic mass is 14.8. The Balaban J connectivity index is 0.00000169. The molecule has 2 heteroatoms. The molecule has 14 heavy (non-hydrogen) atoms. The van der Waals surface area contributed by atoms with E-state index in [0.717, 1.165) is 12.1 Å². The van der Waals surface area contributed by atoms with Crippen molar-refractivity contribution in [3.8, 4) is 0 Å². The number of nitrogen functional groups attached to an aromatic ring is 1. The van der Waals surface area contributed by atoms with Crippen LogP contribution in [0.15, 0.2) is 12.1 Å². The Morgan fingerprint density at radius 3 is 2.57 bits per heavy atom. The van der Waals surface area contributed by atoms with Crippen LogP contribution >= 0.6 is 0 Å². The third-order valence-electron chi connectivity index (χ3n) is 2.08. The van der Waals surface area contributed by atoms with Crippen LogP contribution < -0.4 is 5.73 Å². The summed E-state index contributed by atoms with van der Waals surface area (Å²) in [6, 6.07) is 4.02. The molecule has 0 saturated heterocycles. The highest BCUT2D eigenvalue weighted by molar-refractivity contribution is 5.34. The van der Waals surface area contributed by atoms with Crippen LogP contribution in [0.3, 0.4) is 0 Å². The average Bonchev–Trinajstić information content (AvgIpc) is 2.03. The number of anilines is 1. The van der Waals surface area contributed by atoms with Gasteiger partial charge in [0.15, 0.2) is 0 Å². The van der Waals surface area contributed by atoms with E-state index >= 15 is 0 Å². The second kappa shape index (κ2) is 6.41. The number of nitrogens with zero attached hydrogens (tertiary/aromatic N) is 1. The number of rotatable bonds is 4. The fraction of sp³-hybridized carbons (Fsp3) is 0.583. The molecular weight excluding hydrogens is 172 g/mol. The van der Waals surface area contributed by atoms with Crippen molar-refractivity contribution in [2.45, 2.75) is 47.0 Å². The van der Waals surface area contributed by atoms with Crippen molar-refractivity contribution in [3.05, 3.63) is 23.4 Å². The summed E-state index contributed by atoms with van der Waals surface area (Å²) in [7, 11) is 0. The molecule has 1 aromatic rings. The predicted octanol–water partition coefficient (Wildman–Crippen LogP) is 3.34. The van der Waals surface area contributed by atoms with E-state index in [9.17, 15) is 0 Å². The van der Waals surface area contributed by atoms with Crippen molar-refractivity contribution in [2.75, 3.05) is 5.73 Å². The highest BCUT2D eigenvalue weighted by Gasteiger charge is 1.97. The number of aryl methyl sites for hydroxylation is 2. The minimum absolute atomic E-state index is 0. The van der Waals surface area contributed by atoms with E-state index in [2.05, 4.69) is 24.9 Å². The molecular formula is C12H22N2. The quantitative estimate of drug-likeness (QED) is 0.747. The summed E-state index contributed by atoms with van der Waals surface area (Å²) in [6.45, 7) is 4.26. The van der Waals surface area contributed by atoms with Gasteiger partial charge in [0.05, 0.1) is 0 Å². The lowest BCUT2D eigenvalue weighted by atomic mass is 10.1. The van der Waals surface area contributed by atoms with E-state index in [4.69, 9.17) is 5.73 Å². The minimum atomic E-state index is 0. The maximum Gasteiger partial charge on any atom is 0.123 e. The SMILES string of the molecule is C.CCCCCc1cc(C)cc(N)n1. The highest BCUT2D eigenvalue weighted by Crippen LogP contribution is 2.09. The molecule has 0 amide bonds. The first-order valence-corrected chi connectivity index (χ1v) is 4.95. The monoisotopic (exact) mass is 194 g/mol. The first kappa shape index (κ1) is 12.9. The minimum Gasteiger partial charge on any atom is -0.384 e. The van der Waals surface area contributed by atoms with E-state index in [1.54, 1.807) is 0 Å². The number of nitrogens with two attached hydrogens (primary N) is 1. The van der Waals surface area contributed by atoms with E-state index < -0.39 is 0 Å². The fourth-order valence-corrected chi connectivity index (χ4v) is 1.45. The molecule has 0 fully saturated rings. The summed E-state index contributed by atoms with van der Waals surface area (Å²) in [5.74, 6) is 0.645. The van der Waals surface area contributed by atoms with Gasteiger partial charge in [0, 0.05) is 5.69 Å². The van der Waals surface area contributed by atoms with Gasteiger partial charge >= 0.3 is 0 Å². The summed E-state index contributed by atoms with van der Waals surface area (Å²) < 4.78 is 0. The summed E-state index contributed by atoms with van der Waals surface area (Å²) in [6.07, 6.45) is 4.79. The Morgan fingerprint density at radius 2 is 2.00 bits per heavy atom. The van der Waals surface area contributed by atoms with Crippen LogP contribution in [0.4, 0.5) is 5.82 Å². The largest absolute Gasteiger partial charge is 0.384 e. The van der Waals surface area contributed by atoms with E-state index in [0.29, 0.717) is 5.82 Å². The average molecular weight is 194 g/mol. The summed E-state index contributed by atoms with van der Waals surface area (Å²) in [5, 5.41) is 0. The molecule has 1 heterocycles. The Bertz CT molecular complexity index is 249. The van der Waals surface area contributed by atoms with Crippen molar-refractivity contribution >= 4 is 5.82 Å². The van der Waals surface area contributed by atoms with Crippen molar-refractivity contribution in [1.29, 1.82) is 0 Å². The maximum absolute atomic E-state index is 5.65.